The van der Waals surface area contributed by atoms with Crippen LogP contribution in [0.15, 0.2) is 10.6 Å². The summed E-state index contributed by atoms with van der Waals surface area (Å²) in [5.74, 6) is 0.660. The average Bonchev–Trinajstić information content (AvgIpc) is 2.86. The quantitative estimate of drug-likeness (QED) is 0.804. The van der Waals surface area contributed by atoms with Gasteiger partial charge < -0.3 is 9.73 Å². The maximum atomic E-state index is 5.38. The van der Waals surface area contributed by atoms with Gasteiger partial charge in [0, 0.05) is 13.5 Å². The highest BCUT2D eigenvalue weighted by atomic mass is 16.4. The molecule has 2 rings (SSSR count). The molecule has 16 heavy (non-hydrogen) atoms. The van der Waals surface area contributed by atoms with Crippen LogP contribution in [-0.2, 0) is 20.0 Å². The lowest BCUT2D eigenvalue weighted by atomic mass is 10.3. The first-order valence-corrected chi connectivity index (χ1v) is 5.19. The van der Waals surface area contributed by atoms with Gasteiger partial charge in [0.2, 0.25) is 5.89 Å². The molecule has 1 N–H and O–H groups in total. The molecule has 2 aromatic heterocycles. The zero-order valence-electron chi connectivity index (χ0n) is 9.34. The number of aryl methyl sites for hydroxylation is 2. The fourth-order valence-electron chi connectivity index (χ4n) is 1.28. The monoisotopic (exact) mass is 222 g/mol. The van der Waals surface area contributed by atoms with Crippen molar-refractivity contribution < 1.29 is 4.42 Å². The molecular formula is C9H14N6O. The lowest BCUT2D eigenvalue weighted by Gasteiger charge is -1.99. The van der Waals surface area contributed by atoms with Gasteiger partial charge in [-0.2, -0.15) is 0 Å². The van der Waals surface area contributed by atoms with Crippen LogP contribution in [-0.4, -0.2) is 25.2 Å². The van der Waals surface area contributed by atoms with Gasteiger partial charge >= 0.3 is 6.01 Å². The van der Waals surface area contributed by atoms with E-state index in [1.807, 2.05) is 7.05 Å². The van der Waals surface area contributed by atoms with Gasteiger partial charge in [-0.05, 0) is 6.42 Å². The zero-order chi connectivity index (χ0) is 11.4. The van der Waals surface area contributed by atoms with Crippen molar-refractivity contribution in [2.75, 3.05) is 5.32 Å². The highest BCUT2D eigenvalue weighted by Crippen LogP contribution is 2.08. The maximum Gasteiger partial charge on any atom is 0.315 e. The molecule has 7 heteroatoms. The predicted molar refractivity (Wildman–Crippen MR) is 56.6 cm³/mol. The van der Waals surface area contributed by atoms with E-state index in [-0.39, 0.29) is 0 Å². The molecule has 0 saturated carbocycles. The van der Waals surface area contributed by atoms with Gasteiger partial charge in [-0.25, -0.2) is 0 Å². The molecule has 0 aliphatic rings. The SMILES string of the molecule is CCCc1nnc(NCc2cnnn2C)o1. The molecule has 0 aliphatic carbocycles. The Bertz CT molecular complexity index is 448. The Hall–Kier alpha value is -1.92. The van der Waals surface area contributed by atoms with E-state index in [1.165, 1.54) is 0 Å². The Morgan fingerprint density at radius 2 is 2.31 bits per heavy atom. The minimum Gasteiger partial charge on any atom is -0.408 e. The number of rotatable bonds is 5. The molecule has 0 amide bonds. The summed E-state index contributed by atoms with van der Waals surface area (Å²) in [4.78, 5) is 0. The Balaban J connectivity index is 1.92. The van der Waals surface area contributed by atoms with Crippen molar-refractivity contribution in [2.24, 2.45) is 7.05 Å². The first-order chi connectivity index (χ1) is 7.79. The van der Waals surface area contributed by atoms with E-state index in [9.17, 15) is 0 Å². The summed E-state index contributed by atoms with van der Waals surface area (Å²) >= 11 is 0. The molecule has 0 aromatic carbocycles. The topological polar surface area (TPSA) is 81.7 Å². The van der Waals surface area contributed by atoms with E-state index in [0.29, 0.717) is 18.5 Å². The normalized spacial score (nSPS) is 10.6. The molecule has 0 fully saturated rings. The summed E-state index contributed by atoms with van der Waals surface area (Å²) in [6, 6.07) is 0.435. The number of hydrogen-bond acceptors (Lipinski definition) is 6. The minimum absolute atomic E-state index is 0.435. The van der Waals surface area contributed by atoms with Gasteiger partial charge in [0.05, 0.1) is 18.4 Å². The summed E-state index contributed by atoms with van der Waals surface area (Å²) in [5.41, 5.74) is 0.954. The summed E-state index contributed by atoms with van der Waals surface area (Å²) in [7, 11) is 1.83. The fourth-order valence-corrected chi connectivity index (χ4v) is 1.28. The lowest BCUT2D eigenvalue weighted by Crippen LogP contribution is -2.05. The van der Waals surface area contributed by atoms with Crippen LogP contribution in [0.5, 0.6) is 0 Å². The molecule has 0 saturated heterocycles. The van der Waals surface area contributed by atoms with Gasteiger partial charge in [0.1, 0.15) is 0 Å². The predicted octanol–water partition coefficient (Wildman–Crippen LogP) is 0.763. The third-order valence-corrected chi connectivity index (χ3v) is 2.16. The molecule has 7 nitrogen and oxygen atoms in total. The molecule has 86 valence electrons. The molecule has 2 aromatic rings. The third-order valence-electron chi connectivity index (χ3n) is 2.16. The van der Waals surface area contributed by atoms with Crippen molar-refractivity contribution in [3.63, 3.8) is 0 Å². The van der Waals surface area contributed by atoms with E-state index in [0.717, 1.165) is 18.5 Å². The van der Waals surface area contributed by atoms with E-state index in [2.05, 4.69) is 32.7 Å². The van der Waals surface area contributed by atoms with Crippen LogP contribution < -0.4 is 5.32 Å². The average molecular weight is 222 g/mol. The molecular weight excluding hydrogens is 208 g/mol. The Kier molecular flexibility index (Phi) is 3.13. The number of nitrogens with one attached hydrogen (secondary N) is 1. The first-order valence-electron chi connectivity index (χ1n) is 5.19. The van der Waals surface area contributed by atoms with Crippen LogP contribution in [0.2, 0.25) is 0 Å². The second-order valence-electron chi connectivity index (χ2n) is 3.45. The van der Waals surface area contributed by atoms with Crippen LogP contribution in [0.4, 0.5) is 6.01 Å². The summed E-state index contributed by atoms with van der Waals surface area (Å²) < 4.78 is 7.07. The van der Waals surface area contributed by atoms with Crippen LogP contribution in [0.3, 0.4) is 0 Å². The van der Waals surface area contributed by atoms with Crippen LogP contribution in [0, 0.1) is 0 Å². The van der Waals surface area contributed by atoms with E-state index >= 15 is 0 Å². The number of hydrogen-bond donors (Lipinski definition) is 1. The molecule has 0 spiro atoms. The van der Waals surface area contributed by atoms with Crippen molar-refractivity contribution in [1.82, 2.24) is 25.2 Å². The first kappa shape index (κ1) is 10.6. The van der Waals surface area contributed by atoms with Gasteiger partial charge in [0.25, 0.3) is 0 Å². The minimum atomic E-state index is 0.435. The Morgan fingerprint density at radius 3 is 3.00 bits per heavy atom. The van der Waals surface area contributed by atoms with Crippen molar-refractivity contribution in [3.8, 4) is 0 Å². The Labute approximate surface area is 92.9 Å². The summed E-state index contributed by atoms with van der Waals surface area (Å²) in [6.45, 7) is 2.63. The lowest BCUT2D eigenvalue weighted by molar-refractivity contribution is 0.500. The molecule has 0 bridgehead atoms. The van der Waals surface area contributed by atoms with E-state index in [1.54, 1.807) is 10.9 Å². The molecule has 0 unspecified atom stereocenters. The fraction of sp³-hybridized carbons (Fsp3) is 0.556. The van der Waals surface area contributed by atoms with Crippen molar-refractivity contribution >= 4 is 6.01 Å². The van der Waals surface area contributed by atoms with Crippen LogP contribution in [0.1, 0.15) is 24.9 Å². The number of aromatic nitrogens is 5. The van der Waals surface area contributed by atoms with Crippen molar-refractivity contribution in [2.45, 2.75) is 26.3 Å². The zero-order valence-corrected chi connectivity index (χ0v) is 9.34. The van der Waals surface area contributed by atoms with Crippen LogP contribution >= 0.6 is 0 Å². The van der Waals surface area contributed by atoms with E-state index in [4.69, 9.17) is 4.42 Å². The second kappa shape index (κ2) is 4.73. The van der Waals surface area contributed by atoms with Gasteiger partial charge in [-0.15, -0.1) is 10.2 Å². The number of anilines is 1. The smallest absolute Gasteiger partial charge is 0.315 e. The molecule has 2 heterocycles. The van der Waals surface area contributed by atoms with Crippen LogP contribution in [0.25, 0.3) is 0 Å². The van der Waals surface area contributed by atoms with Crippen molar-refractivity contribution in [1.29, 1.82) is 0 Å². The highest BCUT2D eigenvalue weighted by molar-refractivity contribution is 5.18. The van der Waals surface area contributed by atoms with Gasteiger partial charge in [-0.3, -0.25) is 4.68 Å². The summed E-state index contributed by atoms with van der Waals surface area (Å²) in [6.07, 6.45) is 3.49. The number of nitrogens with zero attached hydrogens (tertiary/aromatic N) is 5. The van der Waals surface area contributed by atoms with Gasteiger partial charge in [-0.1, -0.05) is 17.2 Å². The van der Waals surface area contributed by atoms with E-state index < -0.39 is 0 Å². The third kappa shape index (κ3) is 2.36. The molecule has 0 atom stereocenters. The second-order valence-corrected chi connectivity index (χ2v) is 3.45. The van der Waals surface area contributed by atoms with Crippen molar-refractivity contribution in [3.05, 3.63) is 17.8 Å². The largest absolute Gasteiger partial charge is 0.408 e. The van der Waals surface area contributed by atoms with Gasteiger partial charge in [0.15, 0.2) is 0 Å². The Morgan fingerprint density at radius 1 is 1.44 bits per heavy atom. The molecule has 0 radical (unpaired) electrons. The highest BCUT2D eigenvalue weighted by Gasteiger charge is 2.05. The standard InChI is InChI=1S/C9H14N6O/c1-3-4-8-12-13-9(16-8)10-5-7-6-11-14-15(7)2/h6H,3-5H2,1-2H3,(H,10,13). The maximum absolute atomic E-state index is 5.38. The molecule has 0 aliphatic heterocycles. The summed E-state index contributed by atoms with van der Waals surface area (Å²) in [5, 5.41) is 18.4.